The van der Waals surface area contributed by atoms with E-state index in [1.54, 1.807) is 43.3 Å². The average molecular weight is 288 g/mol. The Bertz CT molecular complexity index is 650. The molecule has 0 unspecified atom stereocenters. The van der Waals surface area contributed by atoms with Crippen LogP contribution in [0.15, 0.2) is 53.6 Å². The predicted octanol–water partition coefficient (Wildman–Crippen LogP) is 3.08. The van der Waals surface area contributed by atoms with Crippen molar-refractivity contribution in [1.29, 1.82) is 0 Å². The molecule has 0 aliphatic rings. The van der Waals surface area contributed by atoms with Gasteiger partial charge in [0, 0.05) is 5.69 Å². The highest BCUT2D eigenvalue weighted by atomic mass is 35.5. The van der Waals surface area contributed by atoms with Gasteiger partial charge < -0.3 is 5.73 Å². The van der Waals surface area contributed by atoms with Crippen molar-refractivity contribution >= 4 is 28.9 Å². The van der Waals surface area contributed by atoms with Gasteiger partial charge in [0.05, 0.1) is 16.3 Å². The summed E-state index contributed by atoms with van der Waals surface area (Å²) >= 11 is 5.95. The third-order valence-electron chi connectivity index (χ3n) is 2.77. The number of carbonyl (C=O) groups excluding carboxylic acids is 1. The molecule has 0 fully saturated rings. The molecule has 3 N–H and O–H groups in total. The summed E-state index contributed by atoms with van der Waals surface area (Å²) in [6.45, 7) is 1.80. The van der Waals surface area contributed by atoms with Crippen molar-refractivity contribution in [1.82, 2.24) is 5.43 Å². The van der Waals surface area contributed by atoms with E-state index < -0.39 is 0 Å². The molecule has 0 spiro atoms. The van der Waals surface area contributed by atoms with Crippen molar-refractivity contribution in [3.8, 4) is 0 Å². The molecule has 0 saturated heterocycles. The first-order valence-corrected chi connectivity index (χ1v) is 6.41. The van der Waals surface area contributed by atoms with Crippen LogP contribution in [0.3, 0.4) is 0 Å². The van der Waals surface area contributed by atoms with E-state index in [0.717, 1.165) is 5.56 Å². The van der Waals surface area contributed by atoms with Crippen LogP contribution in [-0.2, 0) is 0 Å². The standard InChI is InChI=1S/C15H14ClN3O/c1-10(11-6-8-12(17)9-7-11)18-19-15(20)13-4-2-3-5-14(13)16/h2-9H,17H2,1H3,(H,19,20)/b18-10+. The second-order valence-electron chi connectivity index (χ2n) is 4.24. The predicted molar refractivity (Wildman–Crippen MR) is 82.0 cm³/mol. The Morgan fingerprint density at radius 2 is 1.80 bits per heavy atom. The fourth-order valence-corrected chi connectivity index (χ4v) is 1.85. The molecule has 102 valence electrons. The first-order valence-electron chi connectivity index (χ1n) is 6.03. The Balaban J connectivity index is 2.11. The Kier molecular flexibility index (Phi) is 4.38. The lowest BCUT2D eigenvalue weighted by molar-refractivity contribution is 0.0955. The number of carbonyl (C=O) groups is 1. The maximum Gasteiger partial charge on any atom is 0.272 e. The van der Waals surface area contributed by atoms with Crippen molar-refractivity contribution in [2.24, 2.45) is 5.10 Å². The first kappa shape index (κ1) is 14.1. The summed E-state index contributed by atoms with van der Waals surface area (Å²) in [7, 11) is 0. The Morgan fingerprint density at radius 3 is 2.45 bits per heavy atom. The molecule has 0 aromatic heterocycles. The number of halogens is 1. The monoisotopic (exact) mass is 287 g/mol. The number of amides is 1. The highest BCUT2D eigenvalue weighted by molar-refractivity contribution is 6.33. The zero-order valence-corrected chi connectivity index (χ0v) is 11.7. The quantitative estimate of drug-likeness (QED) is 0.517. The fourth-order valence-electron chi connectivity index (χ4n) is 1.63. The molecule has 4 nitrogen and oxygen atoms in total. The largest absolute Gasteiger partial charge is 0.399 e. The summed E-state index contributed by atoms with van der Waals surface area (Å²) in [6.07, 6.45) is 0. The highest BCUT2D eigenvalue weighted by Gasteiger charge is 2.08. The lowest BCUT2D eigenvalue weighted by Crippen LogP contribution is -2.19. The van der Waals surface area contributed by atoms with Crippen LogP contribution in [0.1, 0.15) is 22.8 Å². The van der Waals surface area contributed by atoms with Crippen molar-refractivity contribution in [3.05, 3.63) is 64.7 Å². The van der Waals surface area contributed by atoms with Crippen LogP contribution in [0.2, 0.25) is 5.02 Å². The van der Waals surface area contributed by atoms with E-state index in [2.05, 4.69) is 10.5 Å². The molecule has 0 aliphatic heterocycles. The Hall–Kier alpha value is -2.33. The van der Waals surface area contributed by atoms with Crippen LogP contribution in [0, 0.1) is 0 Å². The van der Waals surface area contributed by atoms with Crippen LogP contribution in [0.4, 0.5) is 5.69 Å². The molecule has 20 heavy (non-hydrogen) atoms. The van der Waals surface area contributed by atoms with E-state index in [0.29, 0.717) is 22.0 Å². The smallest absolute Gasteiger partial charge is 0.272 e. The zero-order chi connectivity index (χ0) is 14.5. The second kappa shape index (κ2) is 6.21. The Morgan fingerprint density at radius 1 is 1.15 bits per heavy atom. The molecule has 0 atom stereocenters. The van der Waals surface area contributed by atoms with Gasteiger partial charge in [-0.1, -0.05) is 35.9 Å². The summed E-state index contributed by atoms with van der Waals surface area (Å²) in [6, 6.07) is 14.1. The second-order valence-corrected chi connectivity index (χ2v) is 4.65. The number of anilines is 1. The van der Waals surface area contributed by atoms with E-state index in [-0.39, 0.29) is 5.91 Å². The Labute approximate surface area is 122 Å². The summed E-state index contributed by atoms with van der Waals surface area (Å²) in [5.74, 6) is -0.342. The molecule has 0 saturated carbocycles. The molecular formula is C15H14ClN3O. The molecule has 5 heteroatoms. The van der Waals surface area contributed by atoms with Crippen LogP contribution in [0.5, 0.6) is 0 Å². The number of nitrogens with zero attached hydrogens (tertiary/aromatic N) is 1. The third kappa shape index (κ3) is 3.36. The lowest BCUT2D eigenvalue weighted by Gasteiger charge is -2.04. The van der Waals surface area contributed by atoms with Gasteiger partial charge in [0.2, 0.25) is 0 Å². The van der Waals surface area contributed by atoms with E-state index in [1.165, 1.54) is 0 Å². The molecule has 0 bridgehead atoms. The molecule has 0 radical (unpaired) electrons. The van der Waals surface area contributed by atoms with Crippen molar-refractivity contribution in [2.75, 3.05) is 5.73 Å². The summed E-state index contributed by atoms with van der Waals surface area (Å²) in [5, 5.41) is 4.45. The minimum atomic E-state index is -0.342. The van der Waals surface area contributed by atoms with Crippen LogP contribution in [-0.4, -0.2) is 11.6 Å². The van der Waals surface area contributed by atoms with Gasteiger partial charge >= 0.3 is 0 Å². The molecule has 1 amide bonds. The van der Waals surface area contributed by atoms with E-state index in [4.69, 9.17) is 17.3 Å². The molecule has 0 heterocycles. The number of benzene rings is 2. The third-order valence-corrected chi connectivity index (χ3v) is 3.10. The summed E-state index contributed by atoms with van der Waals surface area (Å²) in [5.41, 5.74) is 10.8. The van der Waals surface area contributed by atoms with Gasteiger partial charge in [-0.2, -0.15) is 5.10 Å². The minimum absolute atomic E-state index is 0.342. The number of hydrogen-bond acceptors (Lipinski definition) is 3. The van der Waals surface area contributed by atoms with Crippen molar-refractivity contribution in [2.45, 2.75) is 6.92 Å². The maximum atomic E-state index is 11.9. The van der Waals surface area contributed by atoms with Crippen LogP contribution < -0.4 is 11.2 Å². The molecule has 2 aromatic rings. The SMILES string of the molecule is C/C(=N\NC(=O)c1ccccc1Cl)c1ccc(N)cc1. The van der Waals surface area contributed by atoms with Gasteiger partial charge in [0.15, 0.2) is 0 Å². The first-order chi connectivity index (χ1) is 9.58. The van der Waals surface area contributed by atoms with Crippen molar-refractivity contribution < 1.29 is 4.79 Å². The molecule has 2 aromatic carbocycles. The number of nitrogen functional groups attached to an aromatic ring is 1. The molecule has 2 rings (SSSR count). The van der Waals surface area contributed by atoms with Gasteiger partial charge in [0.25, 0.3) is 5.91 Å². The summed E-state index contributed by atoms with van der Waals surface area (Å²) in [4.78, 5) is 11.9. The van der Waals surface area contributed by atoms with E-state index in [9.17, 15) is 4.79 Å². The van der Waals surface area contributed by atoms with Gasteiger partial charge in [-0.15, -0.1) is 0 Å². The number of rotatable bonds is 3. The lowest BCUT2D eigenvalue weighted by atomic mass is 10.1. The fraction of sp³-hybridized carbons (Fsp3) is 0.0667. The van der Waals surface area contributed by atoms with Gasteiger partial charge in [-0.3, -0.25) is 4.79 Å². The zero-order valence-electron chi connectivity index (χ0n) is 10.9. The molecule has 0 aliphatic carbocycles. The minimum Gasteiger partial charge on any atom is -0.399 e. The van der Waals surface area contributed by atoms with Crippen molar-refractivity contribution in [3.63, 3.8) is 0 Å². The topological polar surface area (TPSA) is 67.5 Å². The average Bonchev–Trinajstić information content (AvgIpc) is 2.45. The normalized spacial score (nSPS) is 11.2. The maximum absolute atomic E-state index is 11.9. The van der Waals surface area contributed by atoms with Gasteiger partial charge in [0.1, 0.15) is 0 Å². The summed E-state index contributed by atoms with van der Waals surface area (Å²) < 4.78 is 0. The van der Waals surface area contributed by atoms with Crippen LogP contribution >= 0.6 is 11.6 Å². The molecular weight excluding hydrogens is 274 g/mol. The van der Waals surface area contributed by atoms with Gasteiger partial charge in [-0.25, -0.2) is 5.43 Å². The van der Waals surface area contributed by atoms with E-state index >= 15 is 0 Å². The number of nitrogens with two attached hydrogens (primary N) is 1. The number of hydrogen-bond donors (Lipinski definition) is 2. The highest BCUT2D eigenvalue weighted by Crippen LogP contribution is 2.14. The number of hydrazone groups is 1. The number of nitrogens with one attached hydrogen (secondary N) is 1. The van der Waals surface area contributed by atoms with Crippen LogP contribution in [0.25, 0.3) is 0 Å². The van der Waals surface area contributed by atoms with Gasteiger partial charge in [-0.05, 0) is 36.8 Å². The van der Waals surface area contributed by atoms with E-state index in [1.807, 2.05) is 12.1 Å².